The Morgan fingerprint density at radius 1 is 1.38 bits per heavy atom. The molecule has 0 radical (unpaired) electrons. The minimum atomic E-state index is 0.684. The van der Waals surface area contributed by atoms with Crippen LogP contribution >= 0.6 is 0 Å². The fourth-order valence-corrected chi connectivity index (χ4v) is 1.03. The lowest BCUT2D eigenvalue weighted by atomic mass is 10.1. The van der Waals surface area contributed by atoms with E-state index >= 15 is 0 Å². The summed E-state index contributed by atoms with van der Waals surface area (Å²) < 4.78 is 5.30. The molecule has 0 fully saturated rings. The second kappa shape index (κ2) is 4.50. The SMILES string of the molecule is CCOc1ccc(C(C)=NN)cc1. The number of hydrogen-bond acceptors (Lipinski definition) is 3. The first-order chi connectivity index (χ1) is 6.27. The Kier molecular flexibility index (Phi) is 3.31. The molecule has 0 saturated heterocycles. The molecule has 3 nitrogen and oxygen atoms in total. The molecule has 70 valence electrons. The zero-order valence-electron chi connectivity index (χ0n) is 7.95. The summed E-state index contributed by atoms with van der Waals surface area (Å²) in [6.45, 7) is 4.51. The van der Waals surface area contributed by atoms with Gasteiger partial charge in [-0.2, -0.15) is 5.10 Å². The third kappa shape index (κ3) is 2.47. The molecule has 2 N–H and O–H groups in total. The topological polar surface area (TPSA) is 47.6 Å². The molecule has 0 aromatic heterocycles. The summed E-state index contributed by atoms with van der Waals surface area (Å²) in [5.74, 6) is 6.03. The number of benzene rings is 1. The van der Waals surface area contributed by atoms with Crippen LogP contribution in [0.4, 0.5) is 0 Å². The summed E-state index contributed by atoms with van der Waals surface area (Å²) in [4.78, 5) is 0. The van der Waals surface area contributed by atoms with Gasteiger partial charge in [-0.3, -0.25) is 0 Å². The summed E-state index contributed by atoms with van der Waals surface area (Å²) >= 11 is 0. The molecule has 13 heavy (non-hydrogen) atoms. The maximum Gasteiger partial charge on any atom is 0.119 e. The molecule has 0 aliphatic rings. The van der Waals surface area contributed by atoms with Crippen LogP contribution in [0, 0.1) is 0 Å². The van der Waals surface area contributed by atoms with Crippen LogP contribution in [0.15, 0.2) is 29.4 Å². The van der Waals surface area contributed by atoms with Crippen molar-refractivity contribution in [3.05, 3.63) is 29.8 Å². The summed E-state index contributed by atoms with van der Waals surface area (Å²) in [7, 11) is 0. The lowest BCUT2D eigenvalue weighted by molar-refractivity contribution is 0.340. The Labute approximate surface area is 78.2 Å². The minimum absolute atomic E-state index is 0.684. The van der Waals surface area contributed by atoms with E-state index in [9.17, 15) is 0 Å². The molecule has 1 rings (SSSR count). The van der Waals surface area contributed by atoms with Gasteiger partial charge in [-0.15, -0.1) is 0 Å². The van der Waals surface area contributed by atoms with E-state index in [1.165, 1.54) is 0 Å². The smallest absolute Gasteiger partial charge is 0.119 e. The van der Waals surface area contributed by atoms with Crippen molar-refractivity contribution in [1.29, 1.82) is 0 Å². The molecular weight excluding hydrogens is 164 g/mol. The normalized spacial score (nSPS) is 11.4. The highest BCUT2D eigenvalue weighted by Crippen LogP contribution is 2.12. The Morgan fingerprint density at radius 3 is 2.46 bits per heavy atom. The summed E-state index contributed by atoms with van der Waals surface area (Å²) in [6, 6.07) is 7.70. The van der Waals surface area contributed by atoms with E-state index in [-0.39, 0.29) is 0 Å². The molecule has 0 amide bonds. The zero-order valence-corrected chi connectivity index (χ0v) is 7.95. The monoisotopic (exact) mass is 178 g/mol. The van der Waals surface area contributed by atoms with Crippen LogP contribution in [0.25, 0.3) is 0 Å². The molecule has 0 aliphatic carbocycles. The average molecular weight is 178 g/mol. The van der Waals surface area contributed by atoms with E-state index in [0.717, 1.165) is 17.0 Å². The van der Waals surface area contributed by atoms with Crippen LogP contribution in [-0.2, 0) is 0 Å². The Hall–Kier alpha value is -1.51. The van der Waals surface area contributed by atoms with Crippen LogP contribution in [0.5, 0.6) is 5.75 Å². The van der Waals surface area contributed by atoms with Crippen LogP contribution in [0.3, 0.4) is 0 Å². The number of hydrogen-bond donors (Lipinski definition) is 1. The van der Waals surface area contributed by atoms with Gasteiger partial charge >= 0.3 is 0 Å². The van der Waals surface area contributed by atoms with Gasteiger partial charge in [0.05, 0.1) is 12.3 Å². The number of nitrogens with zero attached hydrogens (tertiary/aromatic N) is 1. The number of rotatable bonds is 3. The largest absolute Gasteiger partial charge is 0.494 e. The minimum Gasteiger partial charge on any atom is -0.494 e. The Bertz CT molecular complexity index is 290. The van der Waals surface area contributed by atoms with Crippen LogP contribution in [0.1, 0.15) is 19.4 Å². The van der Waals surface area contributed by atoms with Crippen LogP contribution in [-0.4, -0.2) is 12.3 Å². The molecule has 0 saturated carbocycles. The van der Waals surface area contributed by atoms with Crippen molar-refractivity contribution in [2.75, 3.05) is 6.61 Å². The van der Waals surface area contributed by atoms with Gasteiger partial charge in [0, 0.05) is 0 Å². The molecule has 1 aromatic rings. The van der Waals surface area contributed by atoms with Crippen molar-refractivity contribution in [3.63, 3.8) is 0 Å². The number of hydrazone groups is 1. The molecule has 1 aromatic carbocycles. The Balaban J connectivity index is 2.81. The van der Waals surface area contributed by atoms with E-state index in [1.807, 2.05) is 38.1 Å². The van der Waals surface area contributed by atoms with Gasteiger partial charge in [0.25, 0.3) is 0 Å². The van der Waals surface area contributed by atoms with E-state index < -0.39 is 0 Å². The van der Waals surface area contributed by atoms with E-state index in [0.29, 0.717) is 6.61 Å². The maximum absolute atomic E-state index is 5.30. The molecule has 0 aliphatic heterocycles. The van der Waals surface area contributed by atoms with Crippen LogP contribution < -0.4 is 10.6 Å². The highest BCUT2D eigenvalue weighted by atomic mass is 16.5. The van der Waals surface area contributed by atoms with E-state index in [4.69, 9.17) is 10.6 Å². The average Bonchev–Trinajstić information content (AvgIpc) is 2.18. The van der Waals surface area contributed by atoms with Gasteiger partial charge in [0.15, 0.2) is 0 Å². The third-order valence-corrected chi connectivity index (χ3v) is 1.78. The molecule has 3 heteroatoms. The Morgan fingerprint density at radius 2 is 2.00 bits per heavy atom. The number of nitrogens with two attached hydrogens (primary N) is 1. The van der Waals surface area contributed by atoms with Gasteiger partial charge in [-0.1, -0.05) is 0 Å². The fraction of sp³-hybridized carbons (Fsp3) is 0.300. The second-order valence-electron chi connectivity index (χ2n) is 2.67. The van der Waals surface area contributed by atoms with Crippen molar-refractivity contribution >= 4 is 5.71 Å². The number of ether oxygens (including phenoxy) is 1. The van der Waals surface area contributed by atoms with Crippen molar-refractivity contribution in [2.45, 2.75) is 13.8 Å². The van der Waals surface area contributed by atoms with E-state index in [2.05, 4.69) is 5.10 Å². The highest BCUT2D eigenvalue weighted by Gasteiger charge is 1.96. The summed E-state index contributed by atoms with van der Waals surface area (Å²) in [6.07, 6.45) is 0. The predicted octanol–water partition coefficient (Wildman–Crippen LogP) is 1.77. The zero-order chi connectivity index (χ0) is 9.68. The molecule has 0 bridgehead atoms. The summed E-state index contributed by atoms with van der Waals surface area (Å²) in [5, 5.41) is 3.61. The standard InChI is InChI=1S/C10H14N2O/c1-3-13-10-6-4-9(5-7-10)8(2)12-11/h4-7H,3,11H2,1-2H3. The first kappa shape index (κ1) is 9.58. The van der Waals surface area contributed by atoms with Crippen molar-refractivity contribution in [1.82, 2.24) is 0 Å². The van der Waals surface area contributed by atoms with Gasteiger partial charge in [-0.25, -0.2) is 0 Å². The van der Waals surface area contributed by atoms with Crippen molar-refractivity contribution < 1.29 is 4.74 Å². The predicted molar refractivity (Wildman–Crippen MR) is 54.0 cm³/mol. The molecular formula is C10H14N2O. The van der Waals surface area contributed by atoms with Crippen LogP contribution in [0.2, 0.25) is 0 Å². The third-order valence-electron chi connectivity index (χ3n) is 1.78. The van der Waals surface area contributed by atoms with E-state index in [1.54, 1.807) is 0 Å². The van der Waals surface area contributed by atoms with Gasteiger partial charge < -0.3 is 10.6 Å². The first-order valence-corrected chi connectivity index (χ1v) is 4.25. The van der Waals surface area contributed by atoms with Crippen molar-refractivity contribution in [2.24, 2.45) is 10.9 Å². The van der Waals surface area contributed by atoms with Gasteiger partial charge in [-0.05, 0) is 43.7 Å². The van der Waals surface area contributed by atoms with Gasteiger partial charge in [0.2, 0.25) is 0 Å². The molecule has 0 atom stereocenters. The second-order valence-corrected chi connectivity index (χ2v) is 2.67. The fourth-order valence-electron chi connectivity index (χ4n) is 1.03. The lowest BCUT2D eigenvalue weighted by Gasteiger charge is -2.03. The van der Waals surface area contributed by atoms with Gasteiger partial charge in [0.1, 0.15) is 5.75 Å². The molecule has 0 spiro atoms. The van der Waals surface area contributed by atoms with Crippen molar-refractivity contribution in [3.8, 4) is 5.75 Å². The first-order valence-electron chi connectivity index (χ1n) is 4.25. The lowest BCUT2D eigenvalue weighted by Crippen LogP contribution is -1.98. The molecule has 0 heterocycles. The molecule has 0 unspecified atom stereocenters. The maximum atomic E-state index is 5.30. The quantitative estimate of drug-likeness (QED) is 0.435. The highest BCUT2D eigenvalue weighted by molar-refractivity contribution is 5.98. The summed E-state index contributed by atoms with van der Waals surface area (Å²) in [5.41, 5.74) is 1.84.